The van der Waals surface area contributed by atoms with Crippen LogP contribution in [0.25, 0.3) is 6.08 Å². The number of carbonyl (C=O) groups is 3. The standard InChI is InChI=1S/C22H31N3O5.C2H4O2/c1-28-18-14-17(15-19(29-2)22(18)30-3)6-7-20(26)25-12-10-23(11-13-25)16-21(27)24-8-4-5-9-24;1-2(3)4/h6-7,14-15H,4-5,8-13,16H2,1-3H3;1H3,(H,3,4)/b7-6+;. The summed E-state index contributed by atoms with van der Waals surface area (Å²) in [6.07, 6.45) is 5.51. The monoisotopic (exact) mass is 477 g/mol. The molecule has 0 saturated carbocycles. The molecule has 1 N–H and O–H groups in total. The fraction of sp³-hybridized carbons (Fsp3) is 0.542. The van der Waals surface area contributed by atoms with Gasteiger partial charge in [-0.3, -0.25) is 19.3 Å². The molecule has 0 radical (unpaired) electrons. The number of hydrogen-bond acceptors (Lipinski definition) is 7. The smallest absolute Gasteiger partial charge is 0.300 e. The molecule has 2 aliphatic rings. The van der Waals surface area contributed by atoms with Gasteiger partial charge in [-0.2, -0.15) is 0 Å². The maximum atomic E-state index is 12.6. The lowest BCUT2D eigenvalue weighted by molar-refractivity contribution is -0.135. The van der Waals surface area contributed by atoms with Crippen LogP contribution in [0.4, 0.5) is 0 Å². The molecule has 0 spiro atoms. The summed E-state index contributed by atoms with van der Waals surface area (Å²) in [6, 6.07) is 3.60. The quantitative estimate of drug-likeness (QED) is 0.590. The fourth-order valence-corrected chi connectivity index (χ4v) is 3.85. The number of piperazine rings is 1. The Morgan fingerprint density at radius 1 is 0.882 bits per heavy atom. The molecule has 2 heterocycles. The molecule has 1 aromatic carbocycles. The second-order valence-electron chi connectivity index (χ2n) is 8.00. The molecule has 2 fully saturated rings. The molecule has 3 rings (SSSR count). The van der Waals surface area contributed by atoms with Gasteiger partial charge in [0.1, 0.15) is 0 Å². The minimum atomic E-state index is -0.833. The summed E-state index contributed by atoms with van der Waals surface area (Å²) < 4.78 is 16.0. The van der Waals surface area contributed by atoms with Gasteiger partial charge in [0.15, 0.2) is 11.5 Å². The van der Waals surface area contributed by atoms with Crippen molar-refractivity contribution in [2.75, 3.05) is 67.1 Å². The molecule has 0 atom stereocenters. The molecule has 0 aliphatic carbocycles. The minimum absolute atomic E-state index is 0.0470. The SMILES string of the molecule is CC(=O)O.COc1cc(/C=C/C(=O)N2CCN(CC(=O)N3CCCC3)CC2)cc(OC)c1OC. The number of rotatable bonds is 7. The molecule has 10 nitrogen and oxygen atoms in total. The van der Waals surface area contributed by atoms with Crippen molar-refractivity contribution in [2.45, 2.75) is 19.8 Å². The molecule has 0 aromatic heterocycles. The van der Waals surface area contributed by atoms with E-state index in [1.165, 1.54) is 0 Å². The van der Waals surface area contributed by atoms with Crippen LogP contribution in [-0.2, 0) is 14.4 Å². The van der Waals surface area contributed by atoms with Gasteiger partial charge in [-0.1, -0.05) is 0 Å². The average Bonchev–Trinajstić information content (AvgIpc) is 3.37. The highest BCUT2D eigenvalue weighted by Crippen LogP contribution is 2.38. The van der Waals surface area contributed by atoms with E-state index >= 15 is 0 Å². The first-order valence-electron chi connectivity index (χ1n) is 11.3. The summed E-state index contributed by atoms with van der Waals surface area (Å²) in [6.45, 7) is 5.94. The molecule has 188 valence electrons. The maximum absolute atomic E-state index is 12.6. The summed E-state index contributed by atoms with van der Waals surface area (Å²) in [7, 11) is 4.67. The van der Waals surface area contributed by atoms with Crippen LogP contribution in [0, 0.1) is 0 Å². The normalized spacial score (nSPS) is 16.1. The number of ether oxygens (including phenoxy) is 3. The second-order valence-corrected chi connectivity index (χ2v) is 8.00. The highest BCUT2D eigenvalue weighted by molar-refractivity contribution is 5.92. The number of nitrogens with zero attached hydrogens (tertiary/aromatic N) is 3. The predicted octanol–water partition coefficient (Wildman–Crippen LogP) is 1.58. The molecular formula is C24H35N3O7. The largest absolute Gasteiger partial charge is 0.493 e. The van der Waals surface area contributed by atoms with Gasteiger partial charge in [-0.05, 0) is 36.6 Å². The van der Waals surface area contributed by atoms with E-state index in [4.69, 9.17) is 24.1 Å². The summed E-state index contributed by atoms with van der Waals surface area (Å²) in [4.78, 5) is 39.8. The van der Waals surface area contributed by atoms with Crippen LogP contribution in [0.2, 0.25) is 0 Å². The van der Waals surface area contributed by atoms with Crippen LogP contribution in [0.1, 0.15) is 25.3 Å². The Hall–Kier alpha value is -3.27. The first kappa shape index (κ1) is 27.0. The fourth-order valence-electron chi connectivity index (χ4n) is 3.85. The average molecular weight is 478 g/mol. The van der Waals surface area contributed by atoms with Crippen LogP contribution in [0.15, 0.2) is 18.2 Å². The Labute approximate surface area is 200 Å². The van der Waals surface area contributed by atoms with Gasteiger partial charge < -0.3 is 29.1 Å². The third-order valence-electron chi connectivity index (χ3n) is 5.61. The lowest BCUT2D eigenvalue weighted by atomic mass is 10.1. The van der Waals surface area contributed by atoms with Crippen LogP contribution in [0.3, 0.4) is 0 Å². The van der Waals surface area contributed by atoms with Gasteiger partial charge in [0.25, 0.3) is 5.97 Å². The Morgan fingerprint density at radius 2 is 1.41 bits per heavy atom. The van der Waals surface area contributed by atoms with Crippen molar-refractivity contribution in [3.8, 4) is 17.2 Å². The minimum Gasteiger partial charge on any atom is -0.493 e. The van der Waals surface area contributed by atoms with Crippen LogP contribution in [-0.4, -0.2) is 105 Å². The molecule has 2 amide bonds. The van der Waals surface area contributed by atoms with Crippen molar-refractivity contribution in [1.82, 2.24) is 14.7 Å². The lowest BCUT2D eigenvalue weighted by Gasteiger charge is -2.34. The number of amides is 2. The Kier molecular flexibility index (Phi) is 10.7. The molecule has 0 unspecified atom stereocenters. The zero-order valence-corrected chi connectivity index (χ0v) is 20.4. The first-order valence-corrected chi connectivity index (χ1v) is 11.3. The first-order chi connectivity index (χ1) is 16.3. The zero-order chi connectivity index (χ0) is 25.1. The highest BCUT2D eigenvalue weighted by atomic mass is 16.5. The number of likely N-dealkylation sites (tertiary alicyclic amines) is 1. The molecule has 0 bridgehead atoms. The van der Waals surface area contributed by atoms with Crippen molar-refractivity contribution in [3.63, 3.8) is 0 Å². The second kappa shape index (κ2) is 13.4. The Morgan fingerprint density at radius 3 is 1.88 bits per heavy atom. The summed E-state index contributed by atoms with van der Waals surface area (Å²) in [5.74, 6) is 0.924. The molecule has 10 heteroatoms. The van der Waals surface area contributed by atoms with Crippen molar-refractivity contribution >= 4 is 23.9 Å². The Balaban J connectivity index is 0.000000945. The number of methoxy groups -OCH3 is 3. The molecular weight excluding hydrogens is 442 g/mol. The maximum Gasteiger partial charge on any atom is 0.300 e. The van der Waals surface area contributed by atoms with Crippen LogP contribution < -0.4 is 14.2 Å². The van der Waals surface area contributed by atoms with Crippen LogP contribution in [0.5, 0.6) is 17.2 Å². The van der Waals surface area contributed by atoms with Gasteiger partial charge in [-0.25, -0.2) is 0 Å². The van der Waals surface area contributed by atoms with E-state index in [0.717, 1.165) is 38.4 Å². The molecule has 2 aliphatic heterocycles. The van der Waals surface area contributed by atoms with Crippen molar-refractivity contribution in [1.29, 1.82) is 0 Å². The number of carboxylic acid groups (broad SMARTS) is 1. The molecule has 1 aromatic rings. The van der Waals surface area contributed by atoms with Crippen molar-refractivity contribution < 1.29 is 33.7 Å². The summed E-state index contributed by atoms with van der Waals surface area (Å²) in [5, 5.41) is 7.42. The van der Waals surface area contributed by atoms with E-state index in [2.05, 4.69) is 4.90 Å². The predicted molar refractivity (Wildman–Crippen MR) is 127 cm³/mol. The van der Waals surface area contributed by atoms with E-state index in [-0.39, 0.29) is 11.8 Å². The van der Waals surface area contributed by atoms with Gasteiger partial charge in [0.05, 0.1) is 27.9 Å². The van der Waals surface area contributed by atoms with E-state index < -0.39 is 5.97 Å². The number of carboxylic acids is 1. The number of benzene rings is 1. The third-order valence-corrected chi connectivity index (χ3v) is 5.61. The summed E-state index contributed by atoms with van der Waals surface area (Å²) in [5.41, 5.74) is 0.785. The molecule has 2 saturated heterocycles. The van der Waals surface area contributed by atoms with Gasteiger partial charge in [0, 0.05) is 52.3 Å². The Bertz CT molecular complexity index is 844. The van der Waals surface area contributed by atoms with Crippen molar-refractivity contribution in [3.05, 3.63) is 23.8 Å². The van der Waals surface area contributed by atoms with E-state index in [9.17, 15) is 9.59 Å². The topological polar surface area (TPSA) is 109 Å². The van der Waals surface area contributed by atoms with Crippen LogP contribution >= 0.6 is 0 Å². The molecule has 34 heavy (non-hydrogen) atoms. The number of carbonyl (C=O) groups excluding carboxylic acids is 2. The van der Waals surface area contributed by atoms with E-state index in [0.29, 0.717) is 50.0 Å². The van der Waals surface area contributed by atoms with E-state index in [1.54, 1.807) is 45.6 Å². The zero-order valence-electron chi connectivity index (χ0n) is 20.4. The van der Waals surface area contributed by atoms with Gasteiger partial charge in [0.2, 0.25) is 17.6 Å². The lowest BCUT2D eigenvalue weighted by Crippen LogP contribution is -2.51. The van der Waals surface area contributed by atoms with E-state index in [1.807, 2.05) is 9.80 Å². The van der Waals surface area contributed by atoms with Gasteiger partial charge in [-0.15, -0.1) is 0 Å². The number of hydrogen-bond donors (Lipinski definition) is 1. The van der Waals surface area contributed by atoms with Crippen molar-refractivity contribution in [2.24, 2.45) is 0 Å². The highest BCUT2D eigenvalue weighted by Gasteiger charge is 2.24. The number of aliphatic carboxylic acids is 1. The summed E-state index contributed by atoms with van der Waals surface area (Å²) >= 11 is 0. The van der Waals surface area contributed by atoms with Gasteiger partial charge >= 0.3 is 0 Å². The third kappa shape index (κ3) is 7.95.